The molecule has 0 fully saturated rings. The number of carbonyl (C=O) groups excluding carboxylic acids is 3. The molecule has 0 aliphatic carbocycles. The first-order chi connectivity index (χ1) is 14.8. The molecule has 0 aromatic heterocycles. The summed E-state index contributed by atoms with van der Waals surface area (Å²) < 4.78 is 5.17. The third kappa shape index (κ3) is 8.96. The van der Waals surface area contributed by atoms with Gasteiger partial charge in [0.2, 0.25) is 11.8 Å². The van der Waals surface area contributed by atoms with E-state index in [1.807, 2.05) is 30.3 Å². The highest BCUT2D eigenvalue weighted by Gasteiger charge is 2.10. The Balaban J connectivity index is 1.63. The van der Waals surface area contributed by atoms with Gasteiger partial charge in [0.05, 0.1) is 13.0 Å². The van der Waals surface area contributed by atoms with Crippen molar-refractivity contribution < 1.29 is 19.1 Å². The third-order valence-corrected chi connectivity index (χ3v) is 4.71. The van der Waals surface area contributed by atoms with Crippen LogP contribution in [0.3, 0.4) is 0 Å². The lowest BCUT2D eigenvalue weighted by atomic mass is 10.1. The Morgan fingerprint density at radius 2 is 1.68 bits per heavy atom. The van der Waals surface area contributed by atoms with Crippen molar-refractivity contribution in [2.75, 3.05) is 23.9 Å². The van der Waals surface area contributed by atoms with Gasteiger partial charge in [0.15, 0.2) is 5.11 Å². The normalized spacial score (nSPS) is 10.1. The molecule has 0 unspecified atom stereocenters. The van der Waals surface area contributed by atoms with E-state index in [-0.39, 0.29) is 29.8 Å². The number of nitrogens with zero attached hydrogens (tertiary/aromatic N) is 1. The van der Waals surface area contributed by atoms with Crippen LogP contribution in [0.2, 0.25) is 0 Å². The van der Waals surface area contributed by atoms with Crippen LogP contribution in [0.5, 0.6) is 0 Å². The molecule has 7 nitrogen and oxygen atoms in total. The van der Waals surface area contributed by atoms with Crippen LogP contribution in [0, 0.1) is 0 Å². The fraction of sp³-hybridized carbons (Fsp3) is 0.304. The Hall–Kier alpha value is -3.26. The van der Waals surface area contributed by atoms with Crippen LogP contribution in [-0.2, 0) is 25.5 Å². The van der Waals surface area contributed by atoms with Crippen molar-refractivity contribution >= 4 is 46.5 Å². The Morgan fingerprint density at radius 3 is 2.32 bits per heavy atom. The van der Waals surface area contributed by atoms with Gasteiger partial charge in [-0.25, -0.2) is 0 Å². The van der Waals surface area contributed by atoms with E-state index in [0.29, 0.717) is 12.3 Å². The van der Waals surface area contributed by atoms with E-state index in [1.165, 1.54) is 17.4 Å². The molecular weight excluding hydrogens is 414 g/mol. The Morgan fingerprint density at radius 1 is 1.00 bits per heavy atom. The highest BCUT2D eigenvalue weighted by molar-refractivity contribution is 7.80. The molecule has 2 aromatic carbocycles. The Bertz CT molecular complexity index is 901. The van der Waals surface area contributed by atoms with Gasteiger partial charge < -0.3 is 20.3 Å². The van der Waals surface area contributed by atoms with E-state index in [2.05, 4.69) is 10.6 Å². The molecule has 0 saturated carbocycles. The van der Waals surface area contributed by atoms with Crippen LogP contribution in [0.15, 0.2) is 54.6 Å². The molecule has 0 radical (unpaired) electrons. The maximum absolute atomic E-state index is 12.0. The lowest BCUT2D eigenvalue weighted by Crippen LogP contribution is -2.34. The lowest BCUT2D eigenvalue weighted by Gasteiger charge is -2.16. The number of anilines is 2. The average molecular weight is 442 g/mol. The van der Waals surface area contributed by atoms with Gasteiger partial charge in [-0.2, -0.15) is 0 Å². The summed E-state index contributed by atoms with van der Waals surface area (Å²) in [6.45, 7) is 1.81. The summed E-state index contributed by atoms with van der Waals surface area (Å²) in [5, 5.41) is 5.56. The molecule has 0 spiro atoms. The van der Waals surface area contributed by atoms with Crippen LogP contribution in [0.1, 0.15) is 31.7 Å². The van der Waals surface area contributed by atoms with Crippen molar-refractivity contribution in [3.63, 3.8) is 0 Å². The van der Waals surface area contributed by atoms with Crippen molar-refractivity contribution in [1.29, 1.82) is 0 Å². The first kappa shape index (κ1) is 24.0. The second-order valence-electron chi connectivity index (χ2n) is 6.94. The molecule has 0 aliphatic heterocycles. The summed E-state index contributed by atoms with van der Waals surface area (Å²) in [7, 11) is 1.68. The van der Waals surface area contributed by atoms with Crippen molar-refractivity contribution in [2.24, 2.45) is 0 Å². The number of esters is 1. The predicted molar refractivity (Wildman–Crippen MR) is 125 cm³/mol. The zero-order valence-corrected chi connectivity index (χ0v) is 18.5. The second kappa shape index (κ2) is 12.4. The average Bonchev–Trinajstić information content (AvgIpc) is 2.76. The second-order valence-corrected chi connectivity index (χ2v) is 7.35. The molecule has 0 saturated heterocycles. The first-order valence-corrected chi connectivity index (χ1v) is 10.4. The minimum Gasteiger partial charge on any atom is -0.466 e. The number of rotatable bonds is 9. The number of thiocarbonyl (C=S) groups is 1. The minimum absolute atomic E-state index is 0.00807. The van der Waals surface area contributed by atoms with Gasteiger partial charge in [0.1, 0.15) is 0 Å². The van der Waals surface area contributed by atoms with Gasteiger partial charge in [0.25, 0.3) is 0 Å². The Kier molecular flexibility index (Phi) is 9.64. The van der Waals surface area contributed by atoms with Gasteiger partial charge in [-0.1, -0.05) is 30.3 Å². The van der Waals surface area contributed by atoms with E-state index >= 15 is 0 Å². The molecule has 8 heteroatoms. The van der Waals surface area contributed by atoms with Crippen molar-refractivity contribution in [1.82, 2.24) is 5.32 Å². The third-order valence-electron chi connectivity index (χ3n) is 4.51. The topological polar surface area (TPSA) is 87.7 Å². The molecule has 2 rings (SSSR count). The predicted octanol–water partition coefficient (Wildman–Crippen LogP) is 3.44. The van der Waals surface area contributed by atoms with Gasteiger partial charge in [-0.15, -0.1) is 0 Å². The summed E-state index contributed by atoms with van der Waals surface area (Å²) in [4.78, 5) is 36.7. The van der Waals surface area contributed by atoms with E-state index < -0.39 is 5.97 Å². The number of amides is 2. The first-order valence-electron chi connectivity index (χ1n) is 10.00. The molecule has 2 aromatic rings. The van der Waals surface area contributed by atoms with E-state index in [1.54, 1.807) is 31.3 Å². The van der Waals surface area contributed by atoms with Gasteiger partial charge >= 0.3 is 5.97 Å². The molecular formula is C23H27N3O4S. The molecule has 0 atom stereocenters. The van der Waals surface area contributed by atoms with Crippen LogP contribution >= 0.6 is 12.2 Å². The lowest BCUT2D eigenvalue weighted by molar-refractivity contribution is -0.145. The smallest absolute Gasteiger partial charge is 0.306 e. The van der Waals surface area contributed by atoms with Gasteiger partial charge in [-0.05, 0) is 54.9 Å². The largest absolute Gasteiger partial charge is 0.466 e. The summed E-state index contributed by atoms with van der Waals surface area (Å²) in [5.41, 5.74) is 2.61. The standard InChI is InChI=1S/C23H27N3O4S/c1-17(27)26(2)20-12-10-19(11-13-20)24-23(31)25-21(28)14-15-22(29)30-16-6-9-18-7-4-3-5-8-18/h3-5,7-8,10-13H,6,9,14-16H2,1-2H3,(H2,24,25,28,31). The SMILES string of the molecule is CC(=O)N(C)c1ccc(NC(=S)NC(=O)CCC(=O)OCCCc2ccccc2)cc1. The molecule has 31 heavy (non-hydrogen) atoms. The number of hydrogen-bond acceptors (Lipinski definition) is 5. The molecule has 0 heterocycles. The molecule has 0 bridgehead atoms. The zero-order valence-electron chi connectivity index (χ0n) is 17.7. The summed E-state index contributed by atoms with van der Waals surface area (Å²) in [6.07, 6.45) is 1.55. The van der Waals surface area contributed by atoms with Crippen molar-refractivity contribution in [3.8, 4) is 0 Å². The van der Waals surface area contributed by atoms with Gasteiger partial charge in [-0.3, -0.25) is 14.4 Å². The number of hydrogen-bond donors (Lipinski definition) is 2. The molecule has 0 aliphatic rings. The number of ether oxygens (including phenoxy) is 1. The highest BCUT2D eigenvalue weighted by Crippen LogP contribution is 2.16. The fourth-order valence-electron chi connectivity index (χ4n) is 2.70. The molecule has 164 valence electrons. The van der Waals surface area contributed by atoms with Crippen LogP contribution in [0.25, 0.3) is 0 Å². The number of nitrogens with one attached hydrogen (secondary N) is 2. The number of benzene rings is 2. The van der Waals surface area contributed by atoms with E-state index in [9.17, 15) is 14.4 Å². The quantitative estimate of drug-likeness (QED) is 0.352. The monoisotopic (exact) mass is 441 g/mol. The van der Waals surface area contributed by atoms with E-state index in [4.69, 9.17) is 17.0 Å². The van der Waals surface area contributed by atoms with Crippen molar-refractivity contribution in [2.45, 2.75) is 32.6 Å². The Labute approximate surface area is 187 Å². The number of aryl methyl sites for hydroxylation is 1. The maximum atomic E-state index is 12.0. The summed E-state index contributed by atoms with van der Waals surface area (Å²) in [5.74, 6) is -0.850. The maximum Gasteiger partial charge on any atom is 0.306 e. The van der Waals surface area contributed by atoms with Crippen molar-refractivity contribution in [3.05, 3.63) is 60.2 Å². The molecule has 2 N–H and O–H groups in total. The van der Waals surface area contributed by atoms with Crippen LogP contribution in [0.4, 0.5) is 11.4 Å². The molecule has 2 amide bonds. The van der Waals surface area contributed by atoms with Crippen LogP contribution in [-0.4, -0.2) is 36.6 Å². The summed E-state index contributed by atoms with van der Waals surface area (Å²) >= 11 is 5.13. The fourth-order valence-corrected chi connectivity index (χ4v) is 2.93. The van der Waals surface area contributed by atoms with Crippen LogP contribution < -0.4 is 15.5 Å². The number of carbonyl (C=O) groups is 3. The minimum atomic E-state index is -0.410. The van der Waals surface area contributed by atoms with E-state index in [0.717, 1.165) is 18.5 Å². The highest BCUT2D eigenvalue weighted by atomic mass is 32.1. The zero-order chi connectivity index (χ0) is 22.6. The summed E-state index contributed by atoms with van der Waals surface area (Å²) in [6, 6.07) is 17.0. The van der Waals surface area contributed by atoms with Gasteiger partial charge in [0, 0.05) is 31.8 Å².